The molecule has 0 saturated heterocycles. The average Bonchev–Trinajstić information content (AvgIpc) is 3.32. The van der Waals surface area contributed by atoms with Crippen molar-refractivity contribution in [3.63, 3.8) is 0 Å². The van der Waals surface area contributed by atoms with Gasteiger partial charge in [0.2, 0.25) is 0 Å². The van der Waals surface area contributed by atoms with Crippen LogP contribution in [0.1, 0.15) is 21.8 Å². The van der Waals surface area contributed by atoms with Gasteiger partial charge in [-0.2, -0.15) is 11.3 Å². The number of hydrogen-bond acceptors (Lipinski definition) is 6. The van der Waals surface area contributed by atoms with Crippen LogP contribution in [-0.2, 0) is 17.9 Å². The third-order valence-electron chi connectivity index (χ3n) is 4.31. The molecular weight excluding hydrogens is 340 g/mol. The molecule has 0 bridgehead atoms. The molecule has 7 nitrogen and oxygen atoms in total. The smallest absolute Gasteiger partial charge is 0.254 e. The number of nitrogens with zero attached hydrogens (tertiary/aromatic N) is 3. The lowest BCUT2D eigenvalue weighted by atomic mass is 10.1. The highest BCUT2D eigenvalue weighted by atomic mass is 32.1. The van der Waals surface area contributed by atoms with Gasteiger partial charge in [0.15, 0.2) is 0 Å². The number of aryl methyl sites for hydroxylation is 1. The van der Waals surface area contributed by atoms with Crippen molar-refractivity contribution in [2.45, 2.75) is 20.1 Å². The molecule has 1 aliphatic rings. The second-order valence-electron chi connectivity index (χ2n) is 6.06. The van der Waals surface area contributed by atoms with Gasteiger partial charge in [-0.3, -0.25) is 4.79 Å². The molecule has 3 aromatic heterocycles. The fraction of sp³-hybridized carbons (Fsp3) is 0.353. The van der Waals surface area contributed by atoms with Crippen molar-refractivity contribution in [2.75, 3.05) is 13.2 Å². The van der Waals surface area contributed by atoms with E-state index in [1.807, 2.05) is 16.1 Å². The van der Waals surface area contributed by atoms with Crippen LogP contribution in [0.15, 0.2) is 33.6 Å². The Morgan fingerprint density at radius 1 is 1.48 bits per heavy atom. The van der Waals surface area contributed by atoms with E-state index in [4.69, 9.17) is 9.15 Å². The number of hydrogen-bond donors (Lipinski definition) is 1. The number of amides is 1. The summed E-state index contributed by atoms with van der Waals surface area (Å²) in [6.45, 7) is 3.99. The summed E-state index contributed by atoms with van der Waals surface area (Å²) in [6.07, 6.45) is 1.52. The number of carbonyl (C=O) groups is 1. The summed E-state index contributed by atoms with van der Waals surface area (Å²) < 4.78 is 12.9. The predicted molar refractivity (Wildman–Crippen MR) is 92.3 cm³/mol. The van der Waals surface area contributed by atoms with Crippen molar-refractivity contribution in [1.29, 1.82) is 0 Å². The van der Waals surface area contributed by atoms with Gasteiger partial charge in [-0.1, -0.05) is 5.21 Å². The van der Waals surface area contributed by atoms with Gasteiger partial charge in [0.1, 0.15) is 11.5 Å². The van der Waals surface area contributed by atoms with Gasteiger partial charge in [0, 0.05) is 30.0 Å². The second-order valence-corrected chi connectivity index (χ2v) is 6.84. The molecule has 1 unspecified atom stereocenters. The summed E-state index contributed by atoms with van der Waals surface area (Å²) in [5.74, 6) is 0.622. The minimum atomic E-state index is -0.131. The topological polar surface area (TPSA) is 82.2 Å². The van der Waals surface area contributed by atoms with E-state index < -0.39 is 0 Å². The third kappa shape index (κ3) is 3.22. The zero-order chi connectivity index (χ0) is 17.2. The van der Waals surface area contributed by atoms with Crippen LogP contribution in [0.4, 0.5) is 0 Å². The van der Waals surface area contributed by atoms with E-state index in [1.165, 1.54) is 6.26 Å². The van der Waals surface area contributed by atoms with Crippen molar-refractivity contribution < 1.29 is 13.9 Å². The Bertz CT molecular complexity index is 868. The summed E-state index contributed by atoms with van der Waals surface area (Å²) in [5.41, 5.74) is 3.49. The van der Waals surface area contributed by atoms with Crippen molar-refractivity contribution in [1.82, 2.24) is 20.3 Å². The van der Waals surface area contributed by atoms with Crippen molar-refractivity contribution in [3.8, 4) is 11.3 Å². The van der Waals surface area contributed by atoms with Crippen LogP contribution in [-0.4, -0.2) is 34.1 Å². The van der Waals surface area contributed by atoms with E-state index in [0.717, 1.165) is 17.0 Å². The van der Waals surface area contributed by atoms with Gasteiger partial charge in [-0.25, -0.2) is 4.68 Å². The zero-order valence-corrected chi connectivity index (χ0v) is 14.6. The number of rotatable bonds is 4. The molecule has 1 atom stereocenters. The molecule has 4 heterocycles. The van der Waals surface area contributed by atoms with Crippen molar-refractivity contribution in [2.24, 2.45) is 5.92 Å². The van der Waals surface area contributed by atoms with Gasteiger partial charge < -0.3 is 14.5 Å². The maximum absolute atomic E-state index is 12.2. The van der Waals surface area contributed by atoms with Crippen LogP contribution in [0.25, 0.3) is 11.3 Å². The first kappa shape index (κ1) is 16.0. The van der Waals surface area contributed by atoms with E-state index in [9.17, 15) is 4.79 Å². The Balaban J connectivity index is 1.44. The van der Waals surface area contributed by atoms with Crippen LogP contribution in [0.3, 0.4) is 0 Å². The third-order valence-corrected chi connectivity index (χ3v) is 4.99. The number of thiophene rings is 1. The highest BCUT2D eigenvalue weighted by molar-refractivity contribution is 7.08. The van der Waals surface area contributed by atoms with E-state index in [1.54, 1.807) is 24.3 Å². The van der Waals surface area contributed by atoms with E-state index in [0.29, 0.717) is 37.6 Å². The Hall–Kier alpha value is -2.45. The highest BCUT2D eigenvalue weighted by Gasteiger charge is 2.23. The number of furan rings is 1. The summed E-state index contributed by atoms with van der Waals surface area (Å²) in [7, 11) is 0. The second kappa shape index (κ2) is 6.81. The molecule has 0 radical (unpaired) electrons. The fourth-order valence-corrected chi connectivity index (χ4v) is 3.58. The minimum Gasteiger partial charge on any atom is -0.469 e. The molecule has 4 rings (SSSR count). The first-order valence-corrected chi connectivity index (χ1v) is 9.01. The fourth-order valence-electron chi connectivity index (χ4n) is 2.94. The van der Waals surface area contributed by atoms with E-state index in [2.05, 4.69) is 21.0 Å². The molecule has 1 amide bonds. The highest BCUT2D eigenvalue weighted by Crippen LogP contribution is 2.26. The molecule has 8 heteroatoms. The molecule has 1 N–H and O–H groups in total. The number of fused-ring (bicyclic) bond motifs is 1. The van der Waals surface area contributed by atoms with Gasteiger partial charge in [-0.15, -0.1) is 5.10 Å². The molecule has 130 valence electrons. The maximum atomic E-state index is 12.2. The first-order valence-electron chi connectivity index (χ1n) is 8.07. The van der Waals surface area contributed by atoms with Gasteiger partial charge in [0.05, 0.1) is 30.7 Å². The zero-order valence-electron chi connectivity index (χ0n) is 13.8. The van der Waals surface area contributed by atoms with Gasteiger partial charge >= 0.3 is 0 Å². The monoisotopic (exact) mass is 358 g/mol. The quantitative estimate of drug-likeness (QED) is 0.775. The van der Waals surface area contributed by atoms with Crippen LogP contribution >= 0.6 is 11.3 Å². The molecule has 3 aromatic rings. The number of nitrogens with one attached hydrogen (secondary N) is 1. The summed E-state index contributed by atoms with van der Waals surface area (Å²) in [5, 5.41) is 15.6. The molecule has 0 fully saturated rings. The number of carbonyl (C=O) groups excluding carboxylic acids is 1. The Morgan fingerprint density at radius 3 is 3.16 bits per heavy atom. The summed E-state index contributed by atoms with van der Waals surface area (Å²) in [6, 6.07) is 3.71. The number of aromatic nitrogens is 3. The maximum Gasteiger partial charge on any atom is 0.254 e. The molecular formula is C17H18N4O3S. The average molecular weight is 358 g/mol. The van der Waals surface area contributed by atoms with E-state index >= 15 is 0 Å². The van der Waals surface area contributed by atoms with Gasteiger partial charge in [-0.05, 0) is 24.4 Å². The molecule has 0 aromatic carbocycles. The normalized spacial score (nSPS) is 17.1. The lowest BCUT2D eigenvalue weighted by Crippen LogP contribution is -2.33. The largest absolute Gasteiger partial charge is 0.469 e. The molecule has 1 aliphatic heterocycles. The van der Waals surface area contributed by atoms with E-state index in [-0.39, 0.29) is 11.8 Å². The van der Waals surface area contributed by atoms with Crippen LogP contribution in [0.5, 0.6) is 0 Å². The lowest BCUT2D eigenvalue weighted by Gasteiger charge is -2.14. The lowest BCUT2D eigenvalue weighted by molar-refractivity contribution is 0.0851. The first-order chi connectivity index (χ1) is 12.2. The predicted octanol–water partition coefficient (Wildman–Crippen LogP) is 2.48. The van der Waals surface area contributed by atoms with Crippen molar-refractivity contribution in [3.05, 3.63) is 46.2 Å². The van der Waals surface area contributed by atoms with Gasteiger partial charge in [0.25, 0.3) is 5.91 Å². The van der Waals surface area contributed by atoms with Crippen molar-refractivity contribution >= 4 is 17.2 Å². The van der Waals surface area contributed by atoms with Crippen LogP contribution < -0.4 is 5.32 Å². The van der Waals surface area contributed by atoms with Crippen LogP contribution in [0, 0.1) is 12.8 Å². The molecule has 0 saturated carbocycles. The Labute approximate surface area is 148 Å². The SMILES string of the molecule is Cc1occc1C(=O)NCC1COCc2c(-c3ccsc3)nnn2C1. The standard InChI is InChI=1S/C17H18N4O3S/c1-11-14(2-4-24-11)17(22)18-6-12-7-21-15(9-23-8-12)16(19-20-21)13-3-5-25-10-13/h2-5,10,12H,6-9H2,1H3,(H,18,22). The summed E-state index contributed by atoms with van der Waals surface area (Å²) in [4.78, 5) is 12.2. The minimum absolute atomic E-state index is 0.131. The Morgan fingerprint density at radius 2 is 2.40 bits per heavy atom. The molecule has 25 heavy (non-hydrogen) atoms. The molecule has 0 spiro atoms. The Kier molecular flexibility index (Phi) is 4.37. The van der Waals surface area contributed by atoms with Crippen LogP contribution in [0.2, 0.25) is 0 Å². The molecule has 0 aliphatic carbocycles. The summed E-state index contributed by atoms with van der Waals surface area (Å²) >= 11 is 1.63. The number of ether oxygens (including phenoxy) is 1.